The normalized spacial score (nSPS) is 10.2. The van der Waals surface area contributed by atoms with Crippen molar-refractivity contribution in [1.82, 2.24) is 0 Å². The highest BCUT2D eigenvalue weighted by molar-refractivity contribution is 8.00. The lowest BCUT2D eigenvalue weighted by Crippen LogP contribution is -2.07. The highest BCUT2D eigenvalue weighted by atomic mass is 32.2. The molecule has 0 radical (unpaired) electrons. The smallest absolute Gasteiger partial charge is 0.294 e. The molecule has 2 rings (SSSR count). The summed E-state index contributed by atoms with van der Waals surface area (Å²) in [6.45, 7) is 1.57. The number of nitro groups is 1. The van der Waals surface area contributed by atoms with Crippen LogP contribution < -0.4 is 15.4 Å². The molecule has 132 valence electrons. The predicted octanol–water partition coefficient (Wildman–Crippen LogP) is 3.08. The van der Waals surface area contributed by atoms with Crippen LogP contribution in [0.25, 0.3) is 0 Å². The van der Waals surface area contributed by atoms with Gasteiger partial charge < -0.3 is 20.5 Å². The van der Waals surface area contributed by atoms with E-state index in [2.05, 4.69) is 15.4 Å². The molecule has 1 amide bonds. The summed E-state index contributed by atoms with van der Waals surface area (Å²) in [7, 11) is 0. The zero-order valence-corrected chi connectivity index (χ0v) is 14.3. The Bertz CT molecular complexity index is 752. The summed E-state index contributed by atoms with van der Waals surface area (Å²) in [5.41, 5.74) is 1.57. The Morgan fingerprint density at radius 3 is 2.48 bits per heavy atom. The molecule has 4 N–H and O–H groups in total. The van der Waals surface area contributed by atoms with E-state index >= 15 is 0 Å². The van der Waals surface area contributed by atoms with Gasteiger partial charge in [0, 0.05) is 30.1 Å². The first-order valence-electron chi connectivity index (χ1n) is 7.43. The quantitative estimate of drug-likeness (QED) is 0.324. The van der Waals surface area contributed by atoms with Gasteiger partial charge in [-0.1, -0.05) is 0 Å². The van der Waals surface area contributed by atoms with Crippen molar-refractivity contribution in [2.24, 2.45) is 0 Å². The van der Waals surface area contributed by atoms with Crippen molar-refractivity contribution in [3.05, 3.63) is 52.6 Å². The van der Waals surface area contributed by atoms with E-state index in [4.69, 9.17) is 5.11 Å². The van der Waals surface area contributed by atoms with Gasteiger partial charge in [-0.15, -0.1) is 0 Å². The van der Waals surface area contributed by atoms with Gasteiger partial charge in [-0.3, -0.25) is 14.9 Å². The standard InChI is InChI=1S/C16H18N4O4S/c1-11(22)18-12-2-5-14(6-3-12)25-19-13-4-7-15(17-8-9-21)16(10-13)20(23)24/h2-7,10,17,19,21H,8-9H2,1H3,(H,18,22). The molecule has 0 heterocycles. The fourth-order valence-corrected chi connectivity index (χ4v) is 2.65. The Labute approximate surface area is 148 Å². The summed E-state index contributed by atoms with van der Waals surface area (Å²) in [5, 5.41) is 25.5. The number of carbonyl (C=O) groups excluding carboxylic acids is 1. The zero-order chi connectivity index (χ0) is 18.2. The minimum absolute atomic E-state index is 0.0694. The van der Waals surface area contributed by atoms with Crippen LogP contribution in [-0.4, -0.2) is 29.1 Å². The number of benzene rings is 2. The number of rotatable bonds is 8. The second-order valence-corrected chi connectivity index (χ2v) is 5.93. The first-order chi connectivity index (χ1) is 12.0. The fraction of sp³-hybridized carbons (Fsp3) is 0.188. The Morgan fingerprint density at radius 2 is 1.88 bits per heavy atom. The summed E-state index contributed by atoms with van der Waals surface area (Å²) in [4.78, 5) is 22.6. The third-order valence-corrected chi connectivity index (χ3v) is 3.93. The van der Waals surface area contributed by atoms with E-state index in [1.807, 2.05) is 12.1 Å². The van der Waals surface area contributed by atoms with E-state index < -0.39 is 4.92 Å². The first kappa shape index (κ1) is 18.6. The van der Waals surface area contributed by atoms with Crippen molar-refractivity contribution in [3.8, 4) is 0 Å². The lowest BCUT2D eigenvalue weighted by atomic mass is 10.2. The van der Waals surface area contributed by atoms with Crippen molar-refractivity contribution in [2.75, 3.05) is 28.5 Å². The van der Waals surface area contributed by atoms with E-state index in [9.17, 15) is 14.9 Å². The molecule has 0 atom stereocenters. The van der Waals surface area contributed by atoms with Gasteiger partial charge in [0.05, 0.1) is 17.2 Å². The van der Waals surface area contributed by atoms with Crippen molar-refractivity contribution in [3.63, 3.8) is 0 Å². The third kappa shape index (κ3) is 5.66. The molecular weight excluding hydrogens is 344 g/mol. The van der Waals surface area contributed by atoms with Gasteiger partial charge in [-0.2, -0.15) is 0 Å². The molecule has 8 nitrogen and oxygen atoms in total. The Kier molecular flexibility index (Phi) is 6.61. The van der Waals surface area contributed by atoms with Gasteiger partial charge in [0.15, 0.2) is 0 Å². The maximum Gasteiger partial charge on any atom is 0.294 e. The van der Waals surface area contributed by atoms with E-state index in [0.29, 0.717) is 17.1 Å². The second kappa shape index (κ2) is 8.90. The molecule has 0 unspecified atom stereocenters. The summed E-state index contributed by atoms with van der Waals surface area (Å²) < 4.78 is 3.05. The highest BCUT2D eigenvalue weighted by Gasteiger charge is 2.14. The van der Waals surface area contributed by atoms with Crippen LogP contribution in [0, 0.1) is 10.1 Å². The van der Waals surface area contributed by atoms with Crippen LogP contribution in [-0.2, 0) is 4.79 Å². The largest absolute Gasteiger partial charge is 0.395 e. The minimum atomic E-state index is -0.474. The topological polar surface area (TPSA) is 117 Å². The summed E-state index contributed by atoms with van der Waals surface area (Å²) in [6, 6.07) is 11.9. The molecular formula is C16H18N4O4S. The molecule has 0 spiro atoms. The van der Waals surface area contributed by atoms with E-state index in [0.717, 1.165) is 4.90 Å². The summed E-state index contributed by atoms with van der Waals surface area (Å²) in [5.74, 6) is -0.138. The molecule has 0 aliphatic heterocycles. The molecule has 0 bridgehead atoms. The van der Waals surface area contributed by atoms with Crippen LogP contribution in [0.5, 0.6) is 0 Å². The molecule has 0 saturated carbocycles. The van der Waals surface area contributed by atoms with Gasteiger partial charge in [0.1, 0.15) is 5.69 Å². The summed E-state index contributed by atoms with van der Waals surface area (Å²) in [6.07, 6.45) is 0. The Hall–Kier alpha value is -2.78. The second-order valence-electron chi connectivity index (χ2n) is 5.05. The fourth-order valence-electron chi connectivity index (χ4n) is 2.01. The average molecular weight is 362 g/mol. The van der Waals surface area contributed by atoms with Gasteiger partial charge in [0.2, 0.25) is 5.91 Å². The van der Waals surface area contributed by atoms with Crippen LogP contribution in [0.2, 0.25) is 0 Å². The van der Waals surface area contributed by atoms with E-state index in [-0.39, 0.29) is 24.7 Å². The van der Waals surface area contributed by atoms with Gasteiger partial charge in [0.25, 0.3) is 5.69 Å². The third-order valence-electron chi connectivity index (χ3n) is 3.08. The van der Waals surface area contributed by atoms with Crippen molar-refractivity contribution in [1.29, 1.82) is 0 Å². The van der Waals surface area contributed by atoms with Crippen molar-refractivity contribution >= 4 is 40.6 Å². The molecule has 9 heteroatoms. The number of aliphatic hydroxyl groups excluding tert-OH is 1. The number of nitro benzene ring substituents is 1. The van der Waals surface area contributed by atoms with Crippen LogP contribution in [0.3, 0.4) is 0 Å². The van der Waals surface area contributed by atoms with Crippen molar-refractivity contribution in [2.45, 2.75) is 11.8 Å². The monoisotopic (exact) mass is 362 g/mol. The average Bonchev–Trinajstić information content (AvgIpc) is 2.59. The molecule has 2 aromatic rings. The molecule has 25 heavy (non-hydrogen) atoms. The predicted molar refractivity (Wildman–Crippen MR) is 98.9 cm³/mol. The molecule has 2 aromatic carbocycles. The molecule has 0 aliphatic carbocycles. The minimum Gasteiger partial charge on any atom is -0.395 e. The van der Waals surface area contributed by atoms with Crippen LogP contribution in [0.1, 0.15) is 6.92 Å². The number of hydrogen-bond acceptors (Lipinski definition) is 7. The van der Waals surface area contributed by atoms with Crippen LogP contribution in [0.4, 0.5) is 22.7 Å². The van der Waals surface area contributed by atoms with Gasteiger partial charge in [-0.05, 0) is 48.3 Å². The summed E-state index contributed by atoms with van der Waals surface area (Å²) >= 11 is 1.30. The first-order valence-corrected chi connectivity index (χ1v) is 8.25. The maximum atomic E-state index is 11.2. The maximum absolute atomic E-state index is 11.2. The zero-order valence-electron chi connectivity index (χ0n) is 13.5. The number of amides is 1. The number of anilines is 3. The molecule has 0 aliphatic rings. The number of hydrogen-bond donors (Lipinski definition) is 4. The highest BCUT2D eigenvalue weighted by Crippen LogP contribution is 2.30. The van der Waals surface area contributed by atoms with Gasteiger partial charge in [-0.25, -0.2) is 0 Å². The van der Waals surface area contributed by atoms with Gasteiger partial charge >= 0.3 is 0 Å². The molecule has 0 fully saturated rings. The molecule has 0 saturated heterocycles. The van der Waals surface area contributed by atoms with Crippen LogP contribution >= 0.6 is 11.9 Å². The van der Waals surface area contributed by atoms with Crippen molar-refractivity contribution < 1.29 is 14.8 Å². The lowest BCUT2D eigenvalue weighted by molar-refractivity contribution is -0.383. The number of nitrogens with one attached hydrogen (secondary N) is 3. The number of nitrogens with zero attached hydrogens (tertiary/aromatic N) is 1. The molecule has 0 aromatic heterocycles. The lowest BCUT2D eigenvalue weighted by Gasteiger charge is -2.09. The number of aliphatic hydroxyl groups is 1. The SMILES string of the molecule is CC(=O)Nc1ccc(SNc2ccc(NCCO)c([N+](=O)[O-])c2)cc1. The number of carbonyl (C=O) groups is 1. The van der Waals surface area contributed by atoms with E-state index in [1.165, 1.54) is 24.9 Å². The van der Waals surface area contributed by atoms with Crippen LogP contribution in [0.15, 0.2) is 47.4 Å². The Morgan fingerprint density at radius 1 is 1.20 bits per heavy atom. The van der Waals surface area contributed by atoms with E-state index in [1.54, 1.807) is 24.3 Å². The Balaban J connectivity index is 2.03.